The Kier molecular flexibility index (Phi) is 25.7. The summed E-state index contributed by atoms with van der Waals surface area (Å²) in [5.74, 6) is -4.05. The Morgan fingerprint density at radius 2 is 0.660 bits per heavy atom. The fourth-order valence-electron chi connectivity index (χ4n) is 12.0. The molecular weight excluding hydrogens is 1300 g/mol. The summed E-state index contributed by atoms with van der Waals surface area (Å²) in [4.78, 5) is 12.2. The van der Waals surface area contributed by atoms with Crippen LogP contribution in [0.25, 0.3) is 0 Å². The quantitative estimate of drug-likeness (QED) is 0.0479. The van der Waals surface area contributed by atoms with Gasteiger partial charge in [0.15, 0.2) is 50.3 Å². The minimum absolute atomic E-state index is 0.625. The van der Waals surface area contributed by atoms with Crippen LogP contribution in [-0.4, -0.2) is 438 Å². The molecule has 94 heavy (non-hydrogen) atoms. The van der Waals surface area contributed by atoms with E-state index in [9.17, 15) is 132 Å². The van der Waals surface area contributed by atoms with Crippen LogP contribution in [0, 0.1) is 0 Å². The van der Waals surface area contributed by atoms with Gasteiger partial charge in [0.25, 0.3) is 5.79 Å². The van der Waals surface area contributed by atoms with Crippen molar-refractivity contribution in [1.82, 2.24) is 0 Å². The molecule has 0 aromatic carbocycles. The topological polar surface area (TPSA) is 680 Å². The van der Waals surface area contributed by atoms with E-state index in [4.69, 9.17) is 80.5 Å². The normalized spacial score (nSPS) is 53.6. The summed E-state index contributed by atoms with van der Waals surface area (Å²) in [5.41, 5.74) is 0. The number of aliphatic hydroxyl groups excluding tert-OH is 24. The number of carbonyl (C=O) groups is 1. The summed E-state index contributed by atoms with van der Waals surface area (Å²) in [7, 11) is 0. The van der Waals surface area contributed by atoms with Gasteiger partial charge >= 0.3 is 5.97 Å². The Morgan fingerprint density at radius 3 is 1.12 bits per heavy atom. The molecule has 9 saturated heterocycles. The summed E-state index contributed by atoms with van der Waals surface area (Å²) in [6.45, 7) is -6.39. The van der Waals surface area contributed by atoms with Gasteiger partial charge in [-0.05, 0) is 0 Å². The van der Waals surface area contributed by atoms with E-state index >= 15 is 0 Å². The standard InChI is InChI=1S/C51H84O43/c1-51(50(76)77)80-9-17-38(94-51)41(93-45-29(68)23(62)18(57)10(2-52)83-45)35(74)49(88-17)92-40-22(61)12(4-54)82-44(34(40)73)79-7-15-19(58)24(63)28(67)43(86-15)78-8-16-20(59)25(64)30(69)46(87-16)89-36-13(5-55)84-47(31(70)26(36)65)90-37-14(6-56)85-48(32(71)27(37)66)91-39-21(60)11(3-53)81-42(75)33(39)72/h10-49,52-75H,2-9H2,1H3,(H,76,77)/t10-,11-,12-,13-,14-,15-,16-,17-,18+,19-,20-,21+,22-,23+,24+,25+,26-,27-,28-,29-,30-,31-,32-,33-,34-,35-,36-,37-,38-,39+,40+,41-,42?,43-,44-,45+,46+,47+,48+,49+,51?/m1/s1. The lowest BCUT2D eigenvalue weighted by molar-refractivity contribution is -0.415. The number of hydrogen-bond donors (Lipinski definition) is 25. The van der Waals surface area contributed by atoms with Crippen molar-refractivity contribution in [2.45, 2.75) is 258 Å². The second kappa shape index (κ2) is 31.8. The highest BCUT2D eigenvalue weighted by Gasteiger charge is 2.61. The van der Waals surface area contributed by atoms with Crippen LogP contribution in [-0.2, 0) is 85.3 Å². The van der Waals surface area contributed by atoms with Gasteiger partial charge in [-0.1, -0.05) is 0 Å². The Morgan fingerprint density at radius 1 is 0.340 bits per heavy atom. The molecule has 25 N–H and O–H groups in total. The molecule has 0 amide bonds. The van der Waals surface area contributed by atoms with E-state index < -0.39 is 310 Å². The molecule has 43 nitrogen and oxygen atoms in total. The molecule has 0 bridgehead atoms. The molecular formula is C51H84O43. The van der Waals surface area contributed by atoms with Crippen molar-refractivity contribution in [3.05, 3.63) is 0 Å². The fraction of sp³-hybridized carbons (Fsp3) is 0.980. The van der Waals surface area contributed by atoms with Crippen molar-refractivity contribution in [3.63, 3.8) is 0 Å². The molecule has 9 heterocycles. The van der Waals surface area contributed by atoms with E-state index in [0.29, 0.717) is 0 Å². The molecule has 9 rings (SSSR count). The van der Waals surface area contributed by atoms with Gasteiger partial charge in [0.2, 0.25) is 0 Å². The highest BCUT2D eigenvalue weighted by molar-refractivity contribution is 5.75. The van der Waals surface area contributed by atoms with Gasteiger partial charge in [-0.15, -0.1) is 0 Å². The number of rotatable bonds is 22. The van der Waals surface area contributed by atoms with E-state index in [1.807, 2.05) is 0 Å². The minimum Gasteiger partial charge on any atom is -0.477 e. The molecule has 0 radical (unpaired) electrons. The van der Waals surface area contributed by atoms with Crippen LogP contribution in [0.3, 0.4) is 0 Å². The second-order valence-electron chi connectivity index (χ2n) is 23.9. The maximum atomic E-state index is 12.2. The van der Waals surface area contributed by atoms with Crippen molar-refractivity contribution in [2.24, 2.45) is 0 Å². The molecule has 0 aromatic rings. The van der Waals surface area contributed by atoms with Crippen LogP contribution in [0.15, 0.2) is 0 Å². The molecule has 0 saturated carbocycles. The average Bonchev–Trinajstić information content (AvgIpc) is 0.763. The van der Waals surface area contributed by atoms with E-state index in [0.717, 1.165) is 6.92 Å². The van der Waals surface area contributed by atoms with Crippen LogP contribution in [0.5, 0.6) is 0 Å². The molecule has 43 heteroatoms. The molecule has 9 aliphatic rings. The number of aliphatic carboxylic acids is 1. The predicted octanol–water partition coefficient (Wildman–Crippen LogP) is -17.6. The van der Waals surface area contributed by atoms with Gasteiger partial charge in [0.1, 0.15) is 195 Å². The van der Waals surface area contributed by atoms with Crippen molar-refractivity contribution < 1.29 is 213 Å². The lowest BCUT2D eigenvalue weighted by atomic mass is 9.95. The summed E-state index contributed by atoms with van der Waals surface area (Å²) < 4.78 is 95.2. The molecule has 0 aromatic heterocycles. The van der Waals surface area contributed by atoms with E-state index in [1.54, 1.807) is 0 Å². The van der Waals surface area contributed by atoms with Crippen molar-refractivity contribution in [1.29, 1.82) is 0 Å². The molecule has 2 unspecified atom stereocenters. The van der Waals surface area contributed by atoms with Crippen LogP contribution >= 0.6 is 0 Å². The number of ether oxygens (including phenoxy) is 17. The van der Waals surface area contributed by atoms with E-state index in [1.165, 1.54) is 0 Å². The highest BCUT2D eigenvalue weighted by Crippen LogP contribution is 2.40. The number of hydrogen-bond acceptors (Lipinski definition) is 42. The smallest absolute Gasteiger partial charge is 0.364 e. The van der Waals surface area contributed by atoms with Crippen molar-refractivity contribution in [3.8, 4) is 0 Å². The first kappa shape index (κ1) is 76.0. The molecule has 9 fully saturated rings. The first-order chi connectivity index (χ1) is 44.4. The predicted molar refractivity (Wildman–Crippen MR) is 278 cm³/mol. The molecule has 0 spiro atoms. The molecule has 41 atom stereocenters. The number of aliphatic hydroxyl groups is 24. The fourth-order valence-corrected chi connectivity index (χ4v) is 12.0. The maximum absolute atomic E-state index is 12.2. The zero-order valence-electron chi connectivity index (χ0n) is 49.3. The third-order valence-corrected chi connectivity index (χ3v) is 17.7. The van der Waals surface area contributed by atoms with Crippen LogP contribution < -0.4 is 0 Å². The zero-order valence-corrected chi connectivity index (χ0v) is 49.3. The Hall–Kier alpha value is -2.17. The third-order valence-electron chi connectivity index (χ3n) is 17.7. The number of carboxylic acids is 1. The van der Waals surface area contributed by atoms with Gasteiger partial charge in [-0.2, -0.15) is 0 Å². The van der Waals surface area contributed by atoms with Gasteiger partial charge in [0.05, 0.1) is 52.9 Å². The van der Waals surface area contributed by atoms with Crippen LogP contribution in [0.1, 0.15) is 6.92 Å². The summed E-state index contributed by atoms with van der Waals surface area (Å²) in [5, 5.41) is 268. The van der Waals surface area contributed by atoms with Crippen molar-refractivity contribution in [2.75, 3.05) is 52.9 Å². The largest absolute Gasteiger partial charge is 0.477 e. The van der Waals surface area contributed by atoms with E-state index in [2.05, 4.69) is 0 Å². The third kappa shape index (κ3) is 15.4. The van der Waals surface area contributed by atoms with Gasteiger partial charge < -0.3 is 208 Å². The Bertz CT molecular complexity index is 2370. The SMILES string of the molecule is CC1(C(=O)O)OC[C@H]2O[C@@H](O[C@@H]3[C@@H](O)[C@H](OC[C@H]4O[C@@H](OC[C@H]5O[C@@H](O[C@H]6[C@H](O)[C@@H](O)[C@H](O[C@H]7[C@H](O)[C@@H](O)[C@H](O[C@H]8[C@@H](O)[C@@H](CO)OC(O)[C@@H]8O)O[C@@H]7CO)O[C@@H]6CO)[C@H](O)[C@@H](O)[C@@H]5O)[C@H](O)[C@@H](O)[C@@H]4O)O[C@H](CO)[C@H]3O)[C@H](O)[C@@H](O[C@@H]3O[C@H](CO)[C@H](O)[C@H](O)[C@H]3O)[C@@H]2O1. The zero-order chi connectivity index (χ0) is 68.8. The number of fused-ring (bicyclic) bond motifs is 1. The highest BCUT2D eigenvalue weighted by atomic mass is 16.8. The summed E-state index contributed by atoms with van der Waals surface area (Å²) in [6.07, 6.45) is -78.2. The number of carboxylic acid groups (broad SMARTS) is 1. The Balaban J connectivity index is 0.810. The molecule has 9 aliphatic heterocycles. The van der Waals surface area contributed by atoms with Crippen LogP contribution in [0.2, 0.25) is 0 Å². The van der Waals surface area contributed by atoms with Gasteiger partial charge in [-0.3, -0.25) is 0 Å². The first-order valence-corrected chi connectivity index (χ1v) is 29.7. The first-order valence-electron chi connectivity index (χ1n) is 29.7. The van der Waals surface area contributed by atoms with Gasteiger partial charge in [-0.25, -0.2) is 4.79 Å². The second-order valence-corrected chi connectivity index (χ2v) is 23.9. The Labute approximate surface area is 529 Å². The van der Waals surface area contributed by atoms with Gasteiger partial charge in [0, 0.05) is 6.92 Å². The average molecular weight is 1390 g/mol. The molecule has 0 aliphatic carbocycles. The van der Waals surface area contributed by atoms with Crippen molar-refractivity contribution >= 4 is 5.97 Å². The van der Waals surface area contributed by atoms with E-state index in [-0.39, 0.29) is 0 Å². The summed E-state index contributed by atoms with van der Waals surface area (Å²) >= 11 is 0. The maximum Gasteiger partial charge on any atom is 0.364 e. The lowest BCUT2D eigenvalue weighted by Crippen LogP contribution is -2.70. The van der Waals surface area contributed by atoms with Crippen LogP contribution in [0.4, 0.5) is 0 Å². The lowest BCUT2D eigenvalue weighted by Gasteiger charge is -2.52. The summed E-state index contributed by atoms with van der Waals surface area (Å²) in [6, 6.07) is 0. The monoisotopic (exact) mass is 1380 g/mol. The minimum atomic E-state index is -2.40. The molecule has 546 valence electrons.